The van der Waals surface area contributed by atoms with Crippen molar-refractivity contribution in [2.45, 2.75) is 6.54 Å². The van der Waals surface area contributed by atoms with Gasteiger partial charge in [-0.15, -0.1) is 0 Å². The summed E-state index contributed by atoms with van der Waals surface area (Å²) in [7, 11) is 0. The molecular formula is C26H17N3OS2. The van der Waals surface area contributed by atoms with E-state index < -0.39 is 0 Å². The molecule has 1 saturated heterocycles. The van der Waals surface area contributed by atoms with Gasteiger partial charge in [0.25, 0.3) is 5.91 Å². The predicted octanol–water partition coefficient (Wildman–Crippen LogP) is 5.97. The molecule has 3 aromatic carbocycles. The first-order valence-electron chi connectivity index (χ1n) is 10.0. The van der Waals surface area contributed by atoms with Crippen LogP contribution in [-0.4, -0.2) is 14.8 Å². The fourth-order valence-electron chi connectivity index (χ4n) is 3.88. The maximum Gasteiger partial charge on any atom is 0.270 e. The van der Waals surface area contributed by atoms with Crippen LogP contribution in [0.25, 0.3) is 17.0 Å². The average Bonchev–Trinajstić information content (AvgIpc) is 3.31. The highest BCUT2D eigenvalue weighted by molar-refractivity contribution is 8.27. The molecule has 0 aliphatic carbocycles. The summed E-state index contributed by atoms with van der Waals surface area (Å²) in [5.41, 5.74) is 4.39. The number of carbonyl (C=O) groups is 1. The Hall–Kier alpha value is -3.66. The van der Waals surface area contributed by atoms with Gasteiger partial charge in [0.05, 0.1) is 22.2 Å². The van der Waals surface area contributed by atoms with Gasteiger partial charge in [0, 0.05) is 29.2 Å². The zero-order valence-corrected chi connectivity index (χ0v) is 18.6. The molecule has 1 aliphatic rings. The Morgan fingerprint density at radius 3 is 2.50 bits per heavy atom. The van der Waals surface area contributed by atoms with Gasteiger partial charge in [0.2, 0.25) is 0 Å². The molecule has 1 aromatic heterocycles. The molecule has 0 atom stereocenters. The van der Waals surface area contributed by atoms with Crippen LogP contribution in [0.15, 0.2) is 90.0 Å². The number of benzene rings is 3. The van der Waals surface area contributed by atoms with Gasteiger partial charge in [-0.2, -0.15) is 5.26 Å². The molecule has 1 amide bonds. The Bertz CT molecular complexity index is 1430. The molecule has 4 aromatic rings. The second-order valence-electron chi connectivity index (χ2n) is 7.35. The van der Waals surface area contributed by atoms with Crippen LogP contribution < -0.4 is 4.90 Å². The van der Waals surface area contributed by atoms with Gasteiger partial charge in [0.1, 0.15) is 0 Å². The molecule has 5 rings (SSSR count). The molecule has 0 saturated carbocycles. The SMILES string of the molecule is N#Cc1ccccc1Cn1cc(/C=C2/SC(=S)N(c3ccccc3)C2=O)c2ccccc21. The Labute approximate surface area is 195 Å². The fourth-order valence-corrected chi connectivity index (χ4v) is 5.17. The number of thiocarbonyl (C=S) groups is 1. The van der Waals surface area contributed by atoms with Crippen LogP contribution in [0.2, 0.25) is 0 Å². The van der Waals surface area contributed by atoms with Gasteiger partial charge in [-0.05, 0) is 35.9 Å². The summed E-state index contributed by atoms with van der Waals surface area (Å²) < 4.78 is 2.65. The highest BCUT2D eigenvalue weighted by atomic mass is 32.2. The Kier molecular flexibility index (Phi) is 5.36. The smallest absolute Gasteiger partial charge is 0.270 e. The molecule has 0 bridgehead atoms. The van der Waals surface area contributed by atoms with Crippen molar-refractivity contribution in [3.8, 4) is 6.07 Å². The molecule has 6 heteroatoms. The van der Waals surface area contributed by atoms with E-state index in [2.05, 4.69) is 16.7 Å². The summed E-state index contributed by atoms with van der Waals surface area (Å²) in [6.45, 7) is 0.572. The molecule has 154 valence electrons. The van der Waals surface area contributed by atoms with Crippen LogP contribution in [0.1, 0.15) is 16.7 Å². The molecular weight excluding hydrogens is 434 g/mol. The number of rotatable bonds is 4. The highest BCUT2D eigenvalue weighted by Crippen LogP contribution is 2.37. The lowest BCUT2D eigenvalue weighted by Gasteiger charge is -2.13. The molecule has 1 aliphatic heterocycles. The lowest BCUT2D eigenvalue weighted by molar-refractivity contribution is -0.113. The van der Waals surface area contributed by atoms with E-state index in [0.717, 1.165) is 27.7 Å². The van der Waals surface area contributed by atoms with E-state index in [1.807, 2.05) is 85.1 Å². The second kappa shape index (κ2) is 8.46. The Morgan fingerprint density at radius 2 is 1.69 bits per heavy atom. The van der Waals surface area contributed by atoms with E-state index in [9.17, 15) is 10.1 Å². The fraction of sp³-hybridized carbons (Fsp3) is 0.0385. The minimum atomic E-state index is -0.113. The van der Waals surface area contributed by atoms with Crippen molar-refractivity contribution < 1.29 is 4.79 Å². The molecule has 0 N–H and O–H groups in total. The minimum absolute atomic E-state index is 0.113. The van der Waals surface area contributed by atoms with Crippen molar-refractivity contribution in [1.29, 1.82) is 5.26 Å². The summed E-state index contributed by atoms with van der Waals surface area (Å²) in [6, 6.07) is 27.4. The van der Waals surface area contributed by atoms with Gasteiger partial charge in [0.15, 0.2) is 4.32 Å². The number of hydrogen-bond acceptors (Lipinski definition) is 4. The number of fused-ring (bicyclic) bond motifs is 1. The van der Waals surface area contributed by atoms with Crippen molar-refractivity contribution in [2.75, 3.05) is 4.90 Å². The number of amides is 1. The van der Waals surface area contributed by atoms with Crippen LogP contribution >= 0.6 is 24.0 Å². The predicted molar refractivity (Wildman–Crippen MR) is 134 cm³/mol. The quantitative estimate of drug-likeness (QED) is 0.283. The number of hydrogen-bond donors (Lipinski definition) is 0. The lowest BCUT2D eigenvalue weighted by atomic mass is 10.1. The first-order valence-corrected chi connectivity index (χ1v) is 11.3. The van der Waals surface area contributed by atoms with Crippen LogP contribution in [0.3, 0.4) is 0 Å². The molecule has 0 unspecified atom stereocenters. The molecule has 4 nitrogen and oxygen atoms in total. The summed E-state index contributed by atoms with van der Waals surface area (Å²) in [5.74, 6) is -0.113. The number of anilines is 1. The van der Waals surface area contributed by atoms with Gasteiger partial charge < -0.3 is 4.57 Å². The summed E-state index contributed by atoms with van der Waals surface area (Å²) >= 11 is 6.82. The summed E-state index contributed by atoms with van der Waals surface area (Å²) in [5, 5.41) is 10.5. The summed E-state index contributed by atoms with van der Waals surface area (Å²) in [4.78, 5) is 15.3. The molecule has 1 fully saturated rings. The zero-order chi connectivity index (χ0) is 22.1. The van der Waals surface area contributed by atoms with Gasteiger partial charge in [-0.1, -0.05) is 78.6 Å². The van der Waals surface area contributed by atoms with Gasteiger partial charge >= 0.3 is 0 Å². The van der Waals surface area contributed by atoms with Crippen LogP contribution in [-0.2, 0) is 11.3 Å². The van der Waals surface area contributed by atoms with Crippen LogP contribution in [0, 0.1) is 11.3 Å². The largest absolute Gasteiger partial charge is 0.342 e. The van der Waals surface area contributed by atoms with E-state index >= 15 is 0 Å². The maximum absolute atomic E-state index is 13.1. The molecule has 2 heterocycles. The van der Waals surface area contributed by atoms with Gasteiger partial charge in [-0.3, -0.25) is 9.69 Å². The van der Waals surface area contributed by atoms with Crippen molar-refractivity contribution in [2.24, 2.45) is 0 Å². The van der Waals surface area contributed by atoms with Crippen molar-refractivity contribution >= 4 is 56.9 Å². The van der Waals surface area contributed by atoms with E-state index in [0.29, 0.717) is 21.3 Å². The number of aromatic nitrogens is 1. The number of thioether (sulfide) groups is 1. The van der Waals surface area contributed by atoms with E-state index in [4.69, 9.17) is 12.2 Å². The van der Waals surface area contributed by atoms with Gasteiger partial charge in [-0.25, -0.2) is 0 Å². The summed E-state index contributed by atoms with van der Waals surface area (Å²) in [6.07, 6.45) is 3.95. The lowest BCUT2D eigenvalue weighted by Crippen LogP contribution is -2.27. The highest BCUT2D eigenvalue weighted by Gasteiger charge is 2.33. The van der Waals surface area contributed by atoms with Crippen molar-refractivity contribution in [3.63, 3.8) is 0 Å². The topological polar surface area (TPSA) is 49.0 Å². The normalized spacial score (nSPS) is 15.0. The van der Waals surface area contributed by atoms with Crippen molar-refractivity contribution in [3.05, 3.63) is 107 Å². The van der Waals surface area contributed by atoms with Crippen molar-refractivity contribution in [1.82, 2.24) is 4.57 Å². The molecule has 0 spiro atoms. The third-order valence-corrected chi connectivity index (χ3v) is 6.69. The minimum Gasteiger partial charge on any atom is -0.342 e. The maximum atomic E-state index is 13.1. The number of para-hydroxylation sites is 2. The number of nitrogens with zero attached hydrogens (tertiary/aromatic N) is 3. The first-order chi connectivity index (χ1) is 15.7. The average molecular weight is 452 g/mol. The molecule has 32 heavy (non-hydrogen) atoms. The third-order valence-electron chi connectivity index (χ3n) is 5.39. The van der Waals surface area contributed by atoms with E-state index in [1.165, 1.54) is 11.8 Å². The first kappa shape index (κ1) is 20.3. The zero-order valence-electron chi connectivity index (χ0n) is 16.9. The monoisotopic (exact) mass is 451 g/mol. The number of carbonyl (C=O) groups excluding carboxylic acids is 1. The second-order valence-corrected chi connectivity index (χ2v) is 9.03. The van der Waals surface area contributed by atoms with E-state index in [-0.39, 0.29) is 5.91 Å². The standard InChI is InChI=1S/C26H17N3OS2/c27-15-18-8-4-5-9-19(18)16-28-17-20(22-12-6-7-13-23(22)28)14-24-25(30)29(26(31)32-24)21-10-2-1-3-11-21/h1-14,17H,16H2/b24-14+. The molecule has 0 radical (unpaired) electrons. The number of nitriles is 1. The van der Waals surface area contributed by atoms with E-state index in [1.54, 1.807) is 4.90 Å². The van der Waals surface area contributed by atoms with Crippen LogP contribution in [0.5, 0.6) is 0 Å². The van der Waals surface area contributed by atoms with Crippen LogP contribution in [0.4, 0.5) is 5.69 Å². The Balaban J connectivity index is 1.54. The Morgan fingerprint density at radius 1 is 0.969 bits per heavy atom. The third kappa shape index (κ3) is 3.62.